The SMILES string of the molecule is COC(=O)c1cccc(-c2ncnn2C)c1OC. The molecule has 0 aliphatic rings. The summed E-state index contributed by atoms with van der Waals surface area (Å²) < 4.78 is 11.6. The summed E-state index contributed by atoms with van der Waals surface area (Å²) in [6, 6.07) is 5.21. The Balaban J connectivity index is 2.62. The Morgan fingerprint density at radius 1 is 1.33 bits per heavy atom. The Bertz CT molecular complexity index is 578. The fourth-order valence-corrected chi connectivity index (χ4v) is 1.74. The number of hydrogen-bond acceptors (Lipinski definition) is 5. The van der Waals surface area contributed by atoms with Crippen molar-refractivity contribution in [2.24, 2.45) is 7.05 Å². The summed E-state index contributed by atoms with van der Waals surface area (Å²) >= 11 is 0. The predicted molar refractivity (Wildman–Crippen MR) is 64.3 cm³/mol. The van der Waals surface area contributed by atoms with E-state index in [-0.39, 0.29) is 0 Å². The summed E-state index contributed by atoms with van der Waals surface area (Å²) in [6.45, 7) is 0. The predicted octanol–water partition coefficient (Wildman–Crippen LogP) is 1.28. The molecular weight excluding hydrogens is 234 g/mol. The van der Waals surface area contributed by atoms with Crippen molar-refractivity contribution in [1.29, 1.82) is 0 Å². The Kier molecular flexibility index (Phi) is 3.27. The van der Waals surface area contributed by atoms with E-state index >= 15 is 0 Å². The van der Waals surface area contributed by atoms with Gasteiger partial charge in [0.05, 0.1) is 19.8 Å². The highest BCUT2D eigenvalue weighted by Crippen LogP contribution is 2.31. The van der Waals surface area contributed by atoms with Crippen LogP contribution in [0.25, 0.3) is 11.4 Å². The van der Waals surface area contributed by atoms with Gasteiger partial charge in [-0.15, -0.1) is 0 Å². The normalized spacial score (nSPS) is 10.2. The number of aromatic nitrogens is 3. The van der Waals surface area contributed by atoms with E-state index in [4.69, 9.17) is 9.47 Å². The van der Waals surface area contributed by atoms with E-state index in [1.54, 1.807) is 23.9 Å². The Labute approximate surface area is 104 Å². The molecule has 18 heavy (non-hydrogen) atoms. The number of esters is 1. The first-order valence-electron chi connectivity index (χ1n) is 5.28. The number of carbonyl (C=O) groups excluding carboxylic acids is 1. The van der Waals surface area contributed by atoms with Crippen molar-refractivity contribution in [3.8, 4) is 17.1 Å². The number of carbonyl (C=O) groups is 1. The molecule has 0 amide bonds. The molecule has 0 radical (unpaired) electrons. The van der Waals surface area contributed by atoms with Crippen LogP contribution in [-0.4, -0.2) is 35.0 Å². The first-order chi connectivity index (χ1) is 8.69. The molecule has 0 aliphatic heterocycles. The summed E-state index contributed by atoms with van der Waals surface area (Å²) in [5.41, 5.74) is 1.06. The Morgan fingerprint density at radius 3 is 2.67 bits per heavy atom. The van der Waals surface area contributed by atoms with Gasteiger partial charge in [0.25, 0.3) is 0 Å². The smallest absolute Gasteiger partial charge is 0.341 e. The molecule has 0 saturated heterocycles. The first-order valence-corrected chi connectivity index (χ1v) is 5.28. The first kappa shape index (κ1) is 12.1. The van der Waals surface area contributed by atoms with Gasteiger partial charge in [0.15, 0.2) is 5.82 Å². The maximum Gasteiger partial charge on any atom is 0.341 e. The molecule has 94 valence electrons. The maximum atomic E-state index is 11.7. The van der Waals surface area contributed by atoms with E-state index < -0.39 is 5.97 Å². The molecule has 2 rings (SSSR count). The molecule has 0 N–H and O–H groups in total. The molecule has 0 atom stereocenters. The van der Waals surface area contributed by atoms with Crippen LogP contribution >= 0.6 is 0 Å². The van der Waals surface area contributed by atoms with Gasteiger partial charge < -0.3 is 9.47 Å². The monoisotopic (exact) mass is 247 g/mol. The van der Waals surface area contributed by atoms with Crippen molar-refractivity contribution in [2.45, 2.75) is 0 Å². The van der Waals surface area contributed by atoms with Crippen LogP contribution in [0, 0.1) is 0 Å². The molecule has 1 aromatic carbocycles. The van der Waals surface area contributed by atoms with E-state index in [2.05, 4.69) is 10.1 Å². The van der Waals surface area contributed by atoms with Gasteiger partial charge in [-0.05, 0) is 12.1 Å². The number of ether oxygens (including phenoxy) is 2. The minimum absolute atomic E-state index is 0.362. The van der Waals surface area contributed by atoms with Gasteiger partial charge in [-0.25, -0.2) is 14.5 Å². The van der Waals surface area contributed by atoms with Crippen molar-refractivity contribution < 1.29 is 14.3 Å². The third-order valence-electron chi connectivity index (χ3n) is 2.58. The number of benzene rings is 1. The molecule has 0 spiro atoms. The summed E-state index contributed by atoms with van der Waals surface area (Å²) in [5.74, 6) is 0.605. The third kappa shape index (κ3) is 1.92. The second-order valence-electron chi connectivity index (χ2n) is 3.59. The molecule has 0 bridgehead atoms. The zero-order valence-electron chi connectivity index (χ0n) is 10.4. The second-order valence-corrected chi connectivity index (χ2v) is 3.59. The Morgan fingerprint density at radius 2 is 2.11 bits per heavy atom. The summed E-state index contributed by atoms with van der Waals surface area (Å²) in [4.78, 5) is 15.8. The third-order valence-corrected chi connectivity index (χ3v) is 2.58. The van der Waals surface area contributed by atoms with Crippen LogP contribution in [0.15, 0.2) is 24.5 Å². The molecule has 1 heterocycles. The number of methoxy groups -OCH3 is 2. The lowest BCUT2D eigenvalue weighted by Gasteiger charge is -2.11. The Hall–Kier alpha value is -2.37. The molecule has 1 aromatic heterocycles. The summed E-state index contributed by atoms with van der Waals surface area (Å²) in [6.07, 6.45) is 1.44. The van der Waals surface area contributed by atoms with Crippen molar-refractivity contribution in [3.05, 3.63) is 30.1 Å². The summed E-state index contributed by atoms with van der Waals surface area (Å²) in [7, 11) is 4.60. The fourth-order valence-electron chi connectivity index (χ4n) is 1.74. The van der Waals surface area contributed by atoms with Gasteiger partial charge in [0.1, 0.15) is 17.6 Å². The standard InChI is InChI=1S/C12H13N3O3/c1-15-11(13-7-14-15)8-5-4-6-9(10(8)17-2)12(16)18-3/h4-7H,1-3H3. The van der Waals surface area contributed by atoms with Crippen molar-refractivity contribution in [3.63, 3.8) is 0 Å². The van der Waals surface area contributed by atoms with Gasteiger partial charge in [-0.3, -0.25) is 0 Å². The van der Waals surface area contributed by atoms with Crippen LogP contribution in [0.3, 0.4) is 0 Å². The van der Waals surface area contributed by atoms with Gasteiger partial charge in [-0.2, -0.15) is 5.10 Å². The lowest BCUT2D eigenvalue weighted by Crippen LogP contribution is -2.06. The minimum Gasteiger partial charge on any atom is -0.495 e. The molecular formula is C12H13N3O3. The molecule has 0 saturated carbocycles. The van der Waals surface area contributed by atoms with Gasteiger partial charge >= 0.3 is 5.97 Å². The zero-order valence-corrected chi connectivity index (χ0v) is 10.4. The maximum absolute atomic E-state index is 11.7. The lowest BCUT2D eigenvalue weighted by molar-refractivity contribution is 0.0597. The highest BCUT2D eigenvalue weighted by molar-refractivity contribution is 5.95. The van der Waals surface area contributed by atoms with Crippen LogP contribution in [0.1, 0.15) is 10.4 Å². The number of aryl methyl sites for hydroxylation is 1. The number of hydrogen-bond donors (Lipinski definition) is 0. The molecule has 6 nitrogen and oxygen atoms in total. The van der Waals surface area contributed by atoms with E-state index in [1.165, 1.54) is 20.5 Å². The van der Waals surface area contributed by atoms with Crippen molar-refractivity contribution >= 4 is 5.97 Å². The average Bonchev–Trinajstić information content (AvgIpc) is 2.82. The van der Waals surface area contributed by atoms with Crippen LogP contribution in [0.5, 0.6) is 5.75 Å². The number of nitrogens with zero attached hydrogens (tertiary/aromatic N) is 3. The molecule has 0 fully saturated rings. The van der Waals surface area contributed by atoms with E-state index in [9.17, 15) is 4.79 Å². The fraction of sp³-hybridized carbons (Fsp3) is 0.250. The van der Waals surface area contributed by atoms with Gasteiger partial charge in [0, 0.05) is 7.05 Å². The van der Waals surface area contributed by atoms with Crippen LogP contribution in [0.4, 0.5) is 0 Å². The van der Waals surface area contributed by atoms with E-state index in [0.717, 1.165) is 0 Å². The lowest BCUT2D eigenvalue weighted by atomic mass is 10.1. The molecule has 0 unspecified atom stereocenters. The van der Waals surface area contributed by atoms with E-state index in [1.807, 2.05) is 6.07 Å². The van der Waals surface area contributed by atoms with Crippen LogP contribution in [-0.2, 0) is 11.8 Å². The largest absolute Gasteiger partial charge is 0.495 e. The average molecular weight is 247 g/mol. The molecule has 0 aliphatic carbocycles. The van der Waals surface area contributed by atoms with E-state index in [0.29, 0.717) is 22.7 Å². The summed E-state index contributed by atoms with van der Waals surface area (Å²) in [5, 5.41) is 4.00. The highest BCUT2D eigenvalue weighted by atomic mass is 16.5. The topological polar surface area (TPSA) is 66.2 Å². The number of rotatable bonds is 3. The highest BCUT2D eigenvalue weighted by Gasteiger charge is 2.19. The quantitative estimate of drug-likeness (QED) is 0.764. The molecule has 6 heteroatoms. The zero-order chi connectivity index (χ0) is 13.1. The van der Waals surface area contributed by atoms with Crippen LogP contribution < -0.4 is 4.74 Å². The minimum atomic E-state index is -0.448. The van der Waals surface area contributed by atoms with Crippen LogP contribution in [0.2, 0.25) is 0 Å². The molecule has 2 aromatic rings. The number of para-hydroxylation sites is 1. The van der Waals surface area contributed by atoms with Gasteiger partial charge in [0.2, 0.25) is 0 Å². The van der Waals surface area contributed by atoms with Crippen molar-refractivity contribution in [2.75, 3.05) is 14.2 Å². The second kappa shape index (κ2) is 4.87. The van der Waals surface area contributed by atoms with Crippen molar-refractivity contribution in [1.82, 2.24) is 14.8 Å². The van der Waals surface area contributed by atoms with Gasteiger partial charge in [-0.1, -0.05) is 6.07 Å².